The molecule has 0 aliphatic heterocycles. The average molecular weight is 320 g/mol. The number of hydrogen-bond acceptors (Lipinski definition) is 2. The molecule has 5 heteroatoms. The second-order valence-corrected chi connectivity index (χ2v) is 5.75. The van der Waals surface area contributed by atoms with Crippen LogP contribution in [-0.2, 0) is 11.3 Å². The summed E-state index contributed by atoms with van der Waals surface area (Å²) >= 11 is 6.15. The zero-order valence-corrected chi connectivity index (χ0v) is 14.1. The molecule has 1 heterocycles. The highest BCUT2D eigenvalue weighted by molar-refractivity contribution is 6.31. The lowest BCUT2D eigenvalue weighted by Gasteiger charge is -2.23. The van der Waals surface area contributed by atoms with Crippen LogP contribution in [0.2, 0.25) is 5.02 Å². The fourth-order valence-electron chi connectivity index (χ4n) is 2.36. The van der Waals surface area contributed by atoms with Gasteiger partial charge in [0.1, 0.15) is 6.54 Å². The van der Waals surface area contributed by atoms with Crippen LogP contribution in [0.25, 0.3) is 0 Å². The van der Waals surface area contributed by atoms with Gasteiger partial charge in [-0.25, -0.2) is 0 Å². The highest BCUT2D eigenvalue weighted by Gasteiger charge is 2.18. The number of nitrogens with zero attached hydrogens (tertiary/aromatic N) is 3. The second-order valence-electron chi connectivity index (χ2n) is 5.38. The van der Waals surface area contributed by atoms with E-state index < -0.39 is 0 Å². The molecule has 0 aliphatic rings. The summed E-state index contributed by atoms with van der Waals surface area (Å²) in [5.41, 5.74) is 2.51. The van der Waals surface area contributed by atoms with Gasteiger partial charge in [-0.15, -0.1) is 0 Å². The van der Waals surface area contributed by atoms with Crippen molar-refractivity contribution in [2.75, 3.05) is 11.4 Å². The second kappa shape index (κ2) is 7.45. The van der Waals surface area contributed by atoms with Crippen LogP contribution in [0.3, 0.4) is 0 Å². The van der Waals surface area contributed by atoms with Crippen molar-refractivity contribution in [3.05, 3.63) is 46.7 Å². The number of rotatable bonds is 6. The largest absolute Gasteiger partial charge is 0.311 e. The molecule has 22 heavy (non-hydrogen) atoms. The SMILES string of the molecule is CCCCN(C(=O)Cn1nc(C)c(Cl)c1C)c1ccccc1. The normalized spacial score (nSPS) is 10.7. The molecule has 0 saturated heterocycles. The van der Waals surface area contributed by atoms with Crippen molar-refractivity contribution in [3.8, 4) is 0 Å². The van der Waals surface area contributed by atoms with E-state index in [1.807, 2.05) is 49.1 Å². The van der Waals surface area contributed by atoms with Crippen LogP contribution in [0.1, 0.15) is 31.2 Å². The minimum Gasteiger partial charge on any atom is -0.311 e. The minimum absolute atomic E-state index is 0.0296. The number of aryl methyl sites for hydroxylation is 1. The summed E-state index contributed by atoms with van der Waals surface area (Å²) in [7, 11) is 0. The van der Waals surface area contributed by atoms with Crippen LogP contribution in [-0.4, -0.2) is 22.2 Å². The van der Waals surface area contributed by atoms with Gasteiger partial charge in [-0.1, -0.05) is 43.1 Å². The standard InChI is InChI=1S/C17H22ClN3O/c1-4-5-11-20(15-9-7-6-8-10-15)16(22)12-21-14(3)17(18)13(2)19-21/h6-10H,4-5,11-12H2,1-3H3. The first-order valence-corrected chi connectivity index (χ1v) is 7.97. The molecule has 1 aromatic heterocycles. The van der Waals surface area contributed by atoms with Gasteiger partial charge in [-0.3, -0.25) is 9.48 Å². The summed E-state index contributed by atoms with van der Waals surface area (Å²) in [5.74, 6) is 0.0296. The van der Waals surface area contributed by atoms with Gasteiger partial charge >= 0.3 is 0 Å². The van der Waals surface area contributed by atoms with Crippen molar-refractivity contribution in [2.24, 2.45) is 0 Å². The Labute approximate surface area is 136 Å². The molecule has 0 saturated carbocycles. The van der Waals surface area contributed by atoms with Crippen molar-refractivity contribution in [3.63, 3.8) is 0 Å². The van der Waals surface area contributed by atoms with Gasteiger partial charge in [0, 0.05) is 12.2 Å². The Hall–Kier alpha value is -1.81. The number of amides is 1. The number of anilines is 1. The Balaban J connectivity index is 2.20. The molecule has 0 bridgehead atoms. The fraction of sp³-hybridized carbons (Fsp3) is 0.412. The van der Waals surface area contributed by atoms with E-state index in [4.69, 9.17) is 11.6 Å². The Morgan fingerprint density at radius 2 is 1.95 bits per heavy atom. The van der Waals surface area contributed by atoms with Crippen molar-refractivity contribution in [1.82, 2.24) is 9.78 Å². The van der Waals surface area contributed by atoms with Gasteiger partial charge in [0.25, 0.3) is 0 Å². The predicted molar refractivity (Wildman–Crippen MR) is 90.4 cm³/mol. The molecule has 0 spiro atoms. The van der Waals surface area contributed by atoms with E-state index >= 15 is 0 Å². The van der Waals surface area contributed by atoms with E-state index in [0.29, 0.717) is 11.6 Å². The average Bonchev–Trinajstić information content (AvgIpc) is 2.76. The summed E-state index contributed by atoms with van der Waals surface area (Å²) in [5, 5.41) is 4.98. The summed E-state index contributed by atoms with van der Waals surface area (Å²) < 4.78 is 1.68. The highest BCUT2D eigenvalue weighted by Crippen LogP contribution is 2.20. The third kappa shape index (κ3) is 3.69. The maximum Gasteiger partial charge on any atom is 0.248 e. The lowest BCUT2D eigenvalue weighted by Crippen LogP contribution is -2.35. The molecule has 0 N–H and O–H groups in total. The van der Waals surface area contributed by atoms with E-state index in [2.05, 4.69) is 12.0 Å². The molecular formula is C17H22ClN3O. The Kier molecular flexibility index (Phi) is 5.61. The molecule has 0 radical (unpaired) electrons. The van der Waals surface area contributed by atoms with Gasteiger partial charge in [-0.2, -0.15) is 5.10 Å². The van der Waals surface area contributed by atoms with Crippen LogP contribution >= 0.6 is 11.6 Å². The summed E-state index contributed by atoms with van der Waals surface area (Å²) in [6, 6.07) is 9.76. The van der Waals surface area contributed by atoms with E-state index in [1.54, 1.807) is 4.68 Å². The first kappa shape index (κ1) is 16.6. The summed E-state index contributed by atoms with van der Waals surface area (Å²) in [6.07, 6.45) is 2.01. The van der Waals surface area contributed by atoms with Crippen LogP contribution in [0, 0.1) is 13.8 Å². The molecule has 4 nitrogen and oxygen atoms in total. The number of halogens is 1. The Morgan fingerprint density at radius 3 is 2.50 bits per heavy atom. The molecule has 0 atom stereocenters. The molecule has 1 amide bonds. The topological polar surface area (TPSA) is 38.1 Å². The molecule has 0 aliphatic carbocycles. The first-order chi connectivity index (χ1) is 10.5. The number of carbonyl (C=O) groups is 1. The summed E-state index contributed by atoms with van der Waals surface area (Å²) in [6.45, 7) is 6.77. The van der Waals surface area contributed by atoms with Crippen molar-refractivity contribution in [1.29, 1.82) is 0 Å². The van der Waals surface area contributed by atoms with Crippen LogP contribution in [0.4, 0.5) is 5.69 Å². The lowest BCUT2D eigenvalue weighted by atomic mass is 10.2. The van der Waals surface area contributed by atoms with Crippen molar-refractivity contribution >= 4 is 23.2 Å². The van der Waals surface area contributed by atoms with Crippen molar-refractivity contribution < 1.29 is 4.79 Å². The van der Waals surface area contributed by atoms with Crippen LogP contribution < -0.4 is 4.90 Å². The zero-order chi connectivity index (χ0) is 16.1. The summed E-state index contributed by atoms with van der Waals surface area (Å²) in [4.78, 5) is 14.5. The van der Waals surface area contributed by atoms with E-state index in [-0.39, 0.29) is 12.5 Å². The van der Waals surface area contributed by atoms with Crippen LogP contribution in [0.15, 0.2) is 30.3 Å². The Morgan fingerprint density at radius 1 is 1.27 bits per heavy atom. The molecule has 0 unspecified atom stereocenters. The minimum atomic E-state index is 0.0296. The lowest BCUT2D eigenvalue weighted by molar-refractivity contribution is -0.119. The van der Waals surface area contributed by atoms with E-state index in [1.165, 1.54) is 0 Å². The van der Waals surface area contributed by atoms with Gasteiger partial charge < -0.3 is 4.90 Å². The predicted octanol–water partition coefficient (Wildman–Crippen LogP) is 3.99. The monoisotopic (exact) mass is 319 g/mol. The maximum atomic E-state index is 12.7. The number of aromatic nitrogens is 2. The van der Waals surface area contributed by atoms with Gasteiger partial charge in [0.05, 0.1) is 16.4 Å². The van der Waals surface area contributed by atoms with Gasteiger partial charge in [0.15, 0.2) is 0 Å². The third-order valence-corrected chi connectivity index (χ3v) is 4.23. The number of benzene rings is 1. The first-order valence-electron chi connectivity index (χ1n) is 7.59. The van der Waals surface area contributed by atoms with Crippen molar-refractivity contribution in [2.45, 2.75) is 40.2 Å². The van der Waals surface area contributed by atoms with Gasteiger partial charge in [-0.05, 0) is 32.4 Å². The Bertz CT molecular complexity index is 637. The fourth-order valence-corrected chi connectivity index (χ4v) is 2.50. The van der Waals surface area contributed by atoms with Crippen LogP contribution in [0.5, 0.6) is 0 Å². The van der Waals surface area contributed by atoms with E-state index in [9.17, 15) is 4.79 Å². The number of para-hydroxylation sites is 1. The molecular weight excluding hydrogens is 298 g/mol. The molecule has 118 valence electrons. The third-order valence-electron chi connectivity index (χ3n) is 3.68. The van der Waals surface area contributed by atoms with Gasteiger partial charge in [0.2, 0.25) is 5.91 Å². The van der Waals surface area contributed by atoms with E-state index in [0.717, 1.165) is 29.9 Å². The molecule has 2 rings (SSSR count). The zero-order valence-electron chi connectivity index (χ0n) is 13.3. The molecule has 0 fully saturated rings. The number of hydrogen-bond donors (Lipinski definition) is 0. The number of unbranched alkanes of at least 4 members (excludes halogenated alkanes) is 1. The maximum absolute atomic E-state index is 12.7. The molecule has 2 aromatic rings. The highest BCUT2D eigenvalue weighted by atomic mass is 35.5. The molecule has 1 aromatic carbocycles. The quantitative estimate of drug-likeness (QED) is 0.807. The number of carbonyl (C=O) groups excluding carboxylic acids is 1. The smallest absolute Gasteiger partial charge is 0.248 e.